The first-order valence-corrected chi connectivity index (χ1v) is 8.21. The third-order valence-electron chi connectivity index (χ3n) is 2.45. The predicted molar refractivity (Wildman–Crippen MR) is 75.5 cm³/mol. The van der Waals surface area contributed by atoms with Crippen molar-refractivity contribution in [2.24, 2.45) is 0 Å². The van der Waals surface area contributed by atoms with Gasteiger partial charge in [-0.25, -0.2) is 13.1 Å². The molecule has 2 heterocycles. The molecular formula is C9H14BrClN2O2S2. The van der Waals surface area contributed by atoms with Crippen molar-refractivity contribution in [3.05, 3.63) is 15.9 Å². The molecule has 1 fully saturated rings. The van der Waals surface area contributed by atoms with Gasteiger partial charge < -0.3 is 5.32 Å². The zero-order valence-corrected chi connectivity index (χ0v) is 13.0. The van der Waals surface area contributed by atoms with Crippen LogP contribution >= 0.6 is 39.7 Å². The van der Waals surface area contributed by atoms with Crippen LogP contribution in [0.4, 0.5) is 0 Å². The third kappa shape index (κ3) is 3.90. The van der Waals surface area contributed by atoms with E-state index in [0.29, 0.717) is 15.2 Å². The molecule has 0 bridgehead atoms. The van der Waals surface area contributed by atoms with Crippen molar-refractivity contribution in [1.29, 1.82) is 0 Å². The number of hydrogen-bond donors (Lipinski definition) is 2. The van der Waals surface area contributed by atoms with E-state index >= 15 is 0 Å². The molecule has 2 N–H and O–H groups in total. The molecule has 0 unspecified atom stereocenters. The fourth-order valence-electron chi connectivity index (χ4n) is 1.70. The Labute approximate surface area is 120 Å². The van der Waals surface area contributed by atoms with E-state index in [1.165, 1.54) is 11.3 Å². The number of rotatable bonds is 3. The lowest BCUT2D eigenvalue weighted by molar-refractivity contribution is 0.429. The highest BCUT2D eigenvalue weighted by molar-refractivity contribution is 9.10. The van der Waals surface area contributed by atoms with E-state index < -0.39 is 10.0 Å². The summed E-state index contributed by atoms with van der Waals surface area (Å²) in [6.07, 6.45) is 1.91. The fourth-order valence-corrected chi connectivity index (χ4v) is 5.32. The van der Waals surface area contributed by atoms with Crippen LogP contribution in [0.3, 0.4) is 0 Å². The van der Waals surface area contributed by atoms with Crippen LogP contribution in [0.25, 0.3) is 0 Å². The Bertz CT molecular complexity index is 457. The summed E-state index contributed by atoms with van der Waals surface area (Å²) in [5.41, 5.74) is 0. The van der Waals surface area contributed by atoms with Gasteiger partial charge in [-0.05, 0) is 46.8 Å². The summed E-state index contributed by atoms with van der Waals surface area (Å²) in [6, 6.07) is 1.76. The minimum atomic E-state index is -3.37. The summed E-state index contributed by atoms with van der Waals surface area (Å²) in [5, 5.41) is 4.94. The average molecular weight is 362 g/mol. The first-order valence-electron chi connectivity index (χ1n) is 5.05. The van der Waals surface area contributed by atoms with Crippen LogP contribution in [0.2, 0.25) is 0 Å². The molecule has 2 rings (SSSR count). The molecule has 1 aliphatic rings. The molecule has 0 saturated carbocycles. The Balaban J connectivity index is 0.00000144. The lowest BCUT2D eigenvalue weighted by Crippen LogP contribution is -2.45. The maximum atomic E-state index is 12.0. The highest BCUT2D eigenvalue weighted by atomic mass is 79.9. The monoisotopic (exact) mass is 360 g/mol. The van der Waals surface area contributed by atoms with Crippen LogP contribution in [-0.2, 0) is 10.0 Å². The van der Waals surface area contributed by atoms with Gasteiger partial charge in [-0.15, -0.1) is 23.7 Å². The average Bonchev–Trinajstić information content (AvgIpc) is 2.66. The molecule has 98 valence electrons. The Morgan fingerprint density at radius 2 is 2.29 bits per heavy atom. The summed E-state index contributed by atoms with van der Waals surface area (Å²) in [4.78, 5) is 0. The van der Waals surface area contributed by atoms with E-state index in [1.54, 1.807) is 11.4 Å². The van der Waals surface area contributed by atoms with Crippen LogP contribution in [0.5, 0.6) is 0 Å². The maximum absolute atomic E-state index is 12.0. The Morgan fingerprint density at radius 3 is 2.82 bits per heavy atom. The van der Waals surface area contributed by atoms with Gasteiger partial charge in [0.1, 0.15) is 4.21 Å². The number of hydrogen-bond acceptors (Lipinski definition) is 4. The molecule has 0 radical (unpaired) electrons. The Morgan fingerprint density at radius 1 is 1.53 bits per heavy atom. The number of thiophene rings is 1. The van der Waals surface area contributed by atoms with Crippen molar-refractivity contribution in [1.82, 2.24) is 10.0 Å². The number of sulfonamides is 1. The Kier molecular flexibility index (Phi) is 5.88. The maximum Gasteiger partial charge on any atom is 0.251 e. The molecular weight excluding hydrogens is 348 g/mol. The molecule has 1 aliphatic heterocycles. The van der Waals surface area contributed by atoms with Crippen molar-refractivity contribution >= 4 is 49.7 Å². The lowest BCUT2D eigenvalue weighted by Gasteiger charge is -2.23. The molecule has 8 heteroatoms. The second kappa shape index (κ2) is 6.49. The van der Waals surface area contributed by atoms with Crippen LogP contribution < -0.4 is 10.0 Å². The second-order valence-electron chi connectivity index (χ2n) is 3.72. The largest absolute Gasteiger partial charge is 0.315 e. The van der Waals surface area contributed by atoms with Crippen molar-refractivity contribution in [2.45, 2.75) is 23.1 Å². The van der Waals surface area contributed by atoms with E-state index in [9.17, 15) is 8.42 Å². The molecule has 1 atom stereocenters. The zero-order valence-electron chi connectivity index (χ0n) is 8.98. The van der Waals surface area contributed by atoms with E-state index in [0.717, 1.165) is 19.4 Å². The summed E-state index contributed by atoms with van der Waals surface area (Å²) < 4.78 is 27.8. The Hall–Kier alpha value is 0.340. The zero-order chi connectivity index (χ0) is 11.6. The van der Waals surface area contributed by atoms with E-state index in [1.807, 2.05) is 0 Å². The van der Waals surface area contributed by atoms with Crippen molar-refractivity contribution in [3.8, 4) is 0 Å². The number of piperidine rings is 1. The molecule has 1 saturated heterocycles. The van der Waals surface area contributed by atoms with Gasteiger partial charge in [-0.1, -0.05) is 0 Å². The van der Waals surface area contributed by atoms with Gasteiger partial charge in [-0.2, -0.15) is 0 Å². The number of nitrogens with one attached hydrogen (secondary N) is 2. The van der Waals surface area contributed by atoms with E-state index in [-0.39, 0.29) is 18.4 Å². The SMILES string of the molecule is Cl.O=S(=O)(N[C@@H]1CCCNC1)c1sccc1Br. The molecule has 0 aliphatic carbocycles. The first kappa shape index (κ1) is 15.4. The van der Waals surface area contributed by atoms with Crippen molar-refractivity contribution in [3.63, 3.8) is 0 Å². The molecule has 17 heavy (non-hydrogen) atoms. The summed E-state index contributed by atoms with van der Waals surface area (Å²) >= 11 is 4.47. The molecule has 1 aromatic rings. The van der Waals surface area contributed by atoms with Gasteiger partial charge in [0.2, 0.25) is 0 Å². The van der Waals surface area contributed by atoms with Crippen molar-refractivity contribution < 1.29 is 8.42 Å². The highest BCUT2D eigenvalue weighted by Crippen LogP contribution is 2.27. The third-order valence-corrected chi connectivity index (χ3v) is 6.64. The van der Waals surface area contributed by atoms with Crippen LogP contribution in [0.15, 0.2) is 20.1 Å². The summed E-state index contributed by atoms with van der Waals surface area (Å²) in [5.74, 6) is 0. The van der Waals surface area contributed by atoms with Crippen LogP contribution in [-0.4, -0.2) is 27.5 Å². The summed E-state index contributed by atoms with van der Waals surface area (Å²) in [6.45, 7) is 1.68. The summed E-state index contributed by atoms with van der Waals surface area (Å²) in [7, 11) is -3.37. The van der Waals surface area contributed by atoms with Gasteiger partial charge in [0.25, 0.3) is 10.0 Å². The second-order valence-corrected chi connectivity index (χ2v) is 7.40. The van der Waals surface area contributed by atoms with Gasteiger partial charge in [-0.3, -0.25) is 0 Å². The molecule has 1 aromatic heterocycles. The van der Waals surface area contributed by atoms with Crippen LogP contribution in [0, 0.1) is 0 Å². The van der Waals surface area contributed by atoms with Gasteiger partial charge in [0.15, 0.2) is 0 Å². The molecule has 0 amide bonds. The van der Waals surface area contributed by atoms with Gasteiger partial charge >= 0.3 is 0 Å². The molecule has 4 nitrogen and oxygen atoms in total. The number of halogens is 2. The smallest absolute Gasteiger partial charge is 0.251 e. The predicted octanol–water partition coefficient (Wildman–Crippen LogP) is 1.96. The van der Waals surface area contributed by atoms with Crippen LogP contribution in [0.1, 0.15) is 12.8 Å². The van der Waals surface area contributed by atoms with Crippen molar-refractivity contribution in [2.75, 3.05) is 13.1 Å². The topological polar surface area (TPSA) is 58.2 Å². The van der Waals surface area contributed by atoms with Gasteiger partial charge in [0.05, 0.1) is 0 Å². The lowest BCUT2D eigenvalue weighted by atomic mass is 10.1. The highest BCUT2D eigenvalue weighted by Gasteiger charge is 2.24. The van der Waals surface area contributed by atoms with E-state index in [4.69, 9.17) is 0 Å². The fraction of sp³-hybridized carbons (Fsp3) is 0.556. The minimum absolute atomic E-state index is 0. The first-order chi connectivity index (χ1) is 7.59. The normalized spacial score (nSPS) is 20.9. The van der Waals surface area contributed by atoms with E-state index in [2.05, 4.69) is 26.0 Å². The quantitative estimate of drug-likeness (QED) is 0.865. The minimum Gasteiger partial charge on any atom is -0.315 e. The molecule has 0 aromatic carbocycles. The molecule has 0 spiro atoms. The standard InChI is InChI=1S/C9H13BrN2O2S2.ClH/c10-8-3-5-15-9(8)16(13,14)12-7-2-1-4-11-6-7;/h3,5,7,11-12H,1-2,4,6H2;1H/t7-;/m1./s1. The van der Waals surface area contributed by atoms with Gasteiger partial charge in [0, 0.05) is 17.1 Å².